The van der Waals surface area contributed by atoms with Gasteiger partial charge in [0.2, 0.25) is 0 Å². The molecule has 8 heteroatoms. The van der Waals surface area contributed by atoms with Crippen LogP contribution in [0.1, 0.15) is 36.0 Å². The van der Waals surface area contributed by atoms with Crippen molar-refractivity contribution in [2.75, 3.05) is 6.61 Å². The van der Waals surface area contributed by atoms with Gasteiger partial charge in [0.1, 0.15) is 5.75 Å². The number of hydrogen-bond donors (Lipinski definition) is 0. The number of sulfone groups is 1. The Morgan fingerprint density at radius 1 is 1.08 bits per heavy atom. The molecule has 0 amide bonds. The fourth-order valence-electron chi connectivity index (χ4n) is 3.54. The van der Waals surface area contributed by atoms with Crippen molar-refractivity contribution in [1.29, 1.82) is 0 Å². The number of hydrogen-bond acceptors (Lipinski definition) is 4. The summed E-state index contributed by atoms with van der Waals surface area (Å²) in [4.78, 5) is 12.5. The van der Waals surface area contributed by atoms with E-state index in [1.165, 1.54) is 24.3 Å². The first kappa shape index (κ1) is 17.3. The summed E-state index contributed by atoms with van der Waals surface area (Å²) in [5.41, 5.74) is 0.373. The molecule has 2 atom stereocenters. The zero-order chi connectivity index (χ0) is 17.5. The molecule has 2 bridgehead atoms. The molecule has 2 fully saturated rings. The first-order valence-electron chi connectivity index (χ1n) is 7.73. The van der Waals surface area contributed by atoms with Crippen LogP contribution in [-0.4, -0.2) is 37.5 Å². The lowest BCUT2D eigenvalue weighted by Gasteiger charge is -2.27. The van der Waals surface area contributed by atoms with Gasteiger partial charge in [0.25, 0.3) is 0 Å². The van der Waals surface area contributed by atoms with E-state index < -0.39 is 33.1 Å². The molecule has 132 valence electrons. The van der Waals surface area contributed by atoms with Crippen molar-refractivity contribution < 1.29 is 31.1 Å². The number of benzene rings is 1. The van der Waals surface area contributed by atoms with Crippen LogP contribution >= 0.6 is 0 Å². The molecule has 2 saturated heterocycles. The maximum absolute atomic E-state index is 12.5. The summed E-state index contributed by atoms with van der Waals surface area (Å²) in [5, 5.41) is -0.862. The van der Waals surface area contributed by atoms with Crippen LogP contribution in [0.15, 0.2) is 24.3 Å². The van der Waals surface area contributed by atoms with Crippen molar-refractivity contribution in [3.05, 3.63) is 29.8 Å². The fourth-order valence-corrected chi connectivity index (χ4v) is 6.01. The molecule has 0 spiro atoms. The van der Waals surface area contributed by atoms with Crippen LogP contribution in [0.25, 0.3) is 0 Å². The van der Waals surface area contributed by atoms with Crippen LogP contribution in [0.4, 0.5) is 13.2 Å². The second-order valence-corrected chi connectivity index (χ2v) is 8.88. The van der Waals surface area contributed by atoms with Gasteiger partial charge in [0, 0.05) is 11.5 Å². The van der Waals surface area contributed by atoms with Gasteiger partial charge in [-0.25, -0.2) is 8.42 Å². The van der Waals surface area contributed by atoms with E-state index in [0.717, 1.165) is 0 Å². The quantitative estimate of drug-likeness (QED) is 0.772. The Balaban J connectivity index is 1.66. The molecule has 0 aromatic heterocycles. The van der Waals surface area contributed by atoms with E-state index in [9.17, 15) is 26.4 Å². The number of carbonyl (C=O) groups is 1. The Hall–Kier alpha value is -1.57. The van der Waals surface area contributed by atoms with Gasteiger partial charge in [-0.2, -0.15) is 13.2 Å². The van der Waals surface area contributed by atoms with E-state index in [4.69, 9.17) is 0 Å². The second-order valence-electron chi connectivity index (χ2n) is 6.37. The van der Waals surface area contributed by atoms with Crippen molar-refractivity contribution in [3.8, 4) is 5.75 Å². The maximum atomic E-state index is 12.5. The molecule has 2 aliphatic rings. The summed E-state index contributed by atoms with van der Waals surface area (Å²) in [6, 6.07) is 5.51. The van der Waals surface area contributed by atoms with E-state index in [-0.39, 0.29) is 17.5 Å². The Morgan fingerprint density at radius 3 is 2.12 bits per heavy atom. The average Bonchev–Trinajstić information content (AvgIpc) is 2.70. The van der Waals surface area contributed by atoms with Crippen LogP contribution in [0.3, 0.4) is 0 Å². The fraction of sp³-hybridized carbons (Fsp3) is 0.562. The summed E-state index contributed by atoms with van der Waals surface area (Å²) < 4.78 is 65.0. The molecule has 24 heavy (non-hydrogen) atoms. The van der Waals surface area contributed by atoms with Crippen molar-refractivity contribution in [2.45, 2.75) is 42.4 Å². The minimum atomic E-state index is -4.42. The number of carbonyl (C=O) groups excluding carboxylic acids is 1. The predicted octanol–water partition coefficient (Wildman–Crippen LogP) is 3.17. The molecular weight excluding hydrogens is 345 g/mol. The summed E-state index contributed by atoms with van der Waals surface area (Å²) in [6.07, 6.45) is -2.52. The Kier molecular flexibility index (Phi) is 4.36. The third kappa shape index (κ3) is 3.43. The molecule has 1 aromatic rings. The predicted molar refractivity (Wildman–Crippen MR) is 80.8 cm³/mol. The van der Waals surface area contributed by atoms with Crippen LogP contribution < -0.4 is 4.74 Å². The second kappa shape index (κ2) is 6.06. The molecule has 0 N–H and O–H groups in total. The third-order valence-corrected chi connectivity index (χ3v) is 7.46. The lowest BCUT2D eigenvalue weighted by molar-refractivity contribution is -0.153. The van der Waals surface area contributed by atoms with Gasteiger partial charge in [-0.05, 0) is 49.9 Å². The van der Waals surface area contributed by atoms with Gasteiger partial charge in [-0.1, -0.05) is 0 Å². The van der Waals surface area contributed by atoms with Crippen molar-refractivity contribution in [2.24, 2.45) is 5.92 Å². The molecule has 3 rings (SSSR count). The Morgan fingerprint density at radius 2 is 1.62 bits per heavy atom. The highest BCUT2D eigenvalue weighted by atomic mass is 32.2. The zero-order valence-corrected chi connectivity index (χ0v) is 13.6. The van der Waals surface area contributed by atoms with Gasteiger partial charge in [0.15, 0.2) is 22.2 Å². The van der Waals surface area contributed by atoms with E-state index in [0.29, 0.717) is 31.2 Å². The van der Waals surface area contributed by atoms with Crippen LogP contribution in [-0.2, 0) is 9.84 Å². The van der Waals surface area contributed by atoms with Crippen LogP contribution in [0.5, 0.6) is 5.75 Å². The monoisotopic (exact) mass is 362 g/mol. The number of ketones is 1. The SMILES string of the molecule is O=C(c1ccc(OCC(F)(F)F)cc1)C1CC2CCC(C1)S2(=O)=O. The largest absolute Gasteiger partial charge is 0.484 e. The lowest BCUT2D eigenvalue weighted by atomic mass is 9.90. The Labute approximate surface area is 137 Å². The van der Waals surface area contributed by atoms with Crippen molar-refractivity contribution in [1.82, 2.24) is 0 Å². The molecular formula is C16H17F3O4S. The highest BCUT2D eigenvalue weighted by Crippen LogP contribution is 2.42. The summed E-state index contributed by atoms with van der Waals surface area (Å²) in [7, 11) is -3.08. The van der Waals surface area contributed by atoms with Gasteiger partial charge < -0.3 is 4.74 Å². The normalized spacial score (nSPS) is 28.5. The third-order valence-electron chi connectivity index (χ3n) is 4.75. The maximum Gasteiger partial charge on any atom is 0.422 e. The van der Waals surface area contributed by atoms with Crippen molar-refractivity contribution >= 4 is 15.6 Å². The van der Waals surface area contributed by atoms with Crippen LogP contribution in [0, 0.1) is 5.92 Å². The first-order valence-corrected chi connectivity index (χ1v) is 9.34. The van der Waals surface area contributed by atoms with E-state index in [2.05, 4.69) is 4.74 Å². The van der Waals surface area contributed by atoms with Gasteiger partial charge in [0.05, 0.1) is 10.5 Å². The molecule has 0 aliphatic carbocycles. The first-order chi connectivity index (χ1) is 11.2. The van der Waals surface area contributed by atoms with Crippen LogP contribution in [0.2, 0.25) is 0 Å². The summed E-state index contributed by atoms with van der Waals surface area (Å²) in [6.45, 7) is -1.38. The van der Waals surface area contributed by atoms with Gasteiger partial charge >= 0.3 is 6.18 Å². The average molecular weight is 362 g/mol. The minimum absolute atomic E-state index is 0.0372. The molecule has 2 heterocycles. The zero-order valence-electron chi connectivity index (χ0n) is 12.8. The lowest BCUT2D eigenvalue weighted by Crippen LogP contribution is -2.36. The van der Waals surface area contributed by atoms with Crippen molar-refractivity contribution in [3.63, 3.8) is 0 Å². The number of ether oxygens (including phenoxy) is 1. The van der Waals surface area contributed by atoms with E-state index >= 15 is 0 Å². The molecule has 2 unspecified atom stereocenters. The van der Waals surface area contributed by atoms with Gasteiger partial charge in [-0.15, -0.1) is 0 Å². The smallest absolute Gasteiger partial charge is 0.422 e. The number of alkyl halides is 3. The minimum Gasteiger partial charge on any atom is -0.484 e. The van der Waals surface area contributed by atoms with Gasteiger partial charge in [-0.3, -0.25) is 4.79 Å². The number of halogens is 3. The molecule has 1 aromatic carbocycles. The highest BCUT2D eigenvalue weighted by molar-refractivity contribution is 7.93. The number of fused-ring (bicyclic) bond motifs is 2. The summed E-state index contributed by atoms with van der Waals surface area (Å²) in [5.74, 6) is -0.452. The topological polar surface area (TPSA) is 60.4 Å². The van der Waals surface area contributed by atoms with E-state index in [1.807, 2.05) is 0 Å². The molecule has 0 saturated carbocycles. The standard InChI is InChI=1S/C16H17F3O4S/c17-16(18,19)9-23-12-3-1-10(2-4-12)15(20)11-7-13-5-6-14(8-11)24(13,21)22/h1-4,11,13-14H,5-9H2. The highest BCUT2D eigenvalue weighted by Gasteiger charge is 2.48. The number of Topliss-reactive ketones (excluding diaryl/α,β-unsaturated/α-hetero) is 1. The van der Waals surface area contributed by atoms with E-state index in [1.54, 1.807) is 0 Å². The Bertz CT molecular complexity index is 705. The molecule has 0 radical (unpaired) electrons. The molecule has 4 nitrogen and oxygen atoms in total. The number of rotatable bonds is 4. The molecule has 2 aliphatic heterocycles. The summed E-state index contributed by atoms with van der Waals surface area (Å²) >= 11 is 0.